The zero-order valence-electron chi connectivity index (χ0n) is 10.3. The lowest BCUT2D eigenvalue weighted by molar-refractivity contribution is -0.383. The summed E-state index contributed by atoms with van der Waals surface area (Å²) in [5.41, 5.74) is 1.39. The molecule has 100 valence electrons. The van der Waals surface area contributed by atoms with E-state index < -0.39 is 4.92 Å². The first kappa shape index (κ1) is 12.6. The molecule has 20 heavy (non-hydrogen) atoms. The second-order valence-corrected chi connectivity index (χ2v) is 5.03. The Balaban J connectivity index is 1.86. The summed E-state index contributed by atoms with van der Waals surface area (Å²) >= 11 is 1.45. The molecule has 0 atom stereocenters. The maximum Gasteiger partial charge on any atom is 0.313 e. The lowest BCUT2D eigenvalue weighted by Gasteiger charge is -1.96. The average molecular weight is 286 g/mol. The molecule has 0 aliphatic rings. The van der Waals surface area contributed by atoms with Crippen molar-refractivity contribution in [3.05, 3.63) is 64.3 Å². The molecule has 1 aromatic carbocycles. The van der Waals surface area contributed by atoms with E-state index in [1.807, 2.05) is 30.3 Å². The Morgan fingerprint density at radius 1 is 1.20 bits per heavy atom. The molecular formula is C13H10N4O2S. The highest BCUT2D eigenvalue weighted by molar-refractivity contribution is 7.98. The highest BCUT2D eigenvalue weighted by Crippen LogP contribution is 2.23. The zero-order valence-corrected chi connectivity index (χ0v) is 11.2. The van der Waals surface area contributed by atoms with E-state index in [1.165, 1.54) is 22.3 Å². The Bertz CT molecular complexity index is 757. The molecule has 0 saturated heterocycles. The molecule has 0 amide bonds. The number of hydrogen-bond donors (Lipinski definition) is 0. The number of benzene rings is 1. The maximum absolute atomic E-state index is 10.9. The zero-order chi connectivity index (χ0) is 13.9. The number of rotatable bonds is 4. The van der Waals surface area contributed by atoms with Gasteiger partial charge in [-0.3, -0.25) is 10.1 Å². The molecular weight excluding hydrogens is 276 g/mol. The summed E-state index contributed by atoms with van der Waals surface area (Å²) < 4.78 is 1.44. The summed E-state index contributed by atoms with van der Waals surface area (Å²) in [6.45, 7) is 0. The molecule has 0 radical (unpaired) electrons. The van der Waals surface area contributed by atoms with E-state index in [9.17, 15) is 10.1 Å². The first-order chi connectivity index (χ1) is 9.74. The van der Waals surface area contributed by atoms with Crippen molar-refractivity contribution in [2.75, 3.05) is 0 Å². The van der Waals surface area contributed by atoms with Crippen molar-refractivity contribution < 1.29 is 4.92 Å². The van der Waals surface area contributed by atoms with Gasteiger partial charge in [-0.15, -0.1) is 5.10 Å². The highest BCUT2D eigenvalue weighted by Gasteiger charge is 2.16. The standard InChI is InChI=1S/C13H10N4O2S/c18-17(19)11-7-4-8-16-12(11)14-13(15-16)20-9-10-5-2-1-3-6-10/h1-8H,9H2. The molecule has 6 nitrogen and oxygen atoms in total. The van der Waals surface area contributed by atoms with Crippen LogP contribution in [0.25, 0.3) is 5.65 Å². The normalized spacial score (nSPS) is 10.8. The number of fused-ring (bicyclic) bond motifs is 1. The second-order valence-electron chi connectivity index (χ2n) is 4.09. The van der Waals surface area contributed by atoms with Gasteiger partial charge in [0.2, 0.25) is 10.8 Å². The third-order valence-corrected chi connectivity index (χ3v) is 3.64. The fourth-order valence-corrected chi connectivity index (χ4v) is 2.58. The largest absolute Gasteiger partial charge is 0.313 e. The maximum atomic E-state index is 10.9. The Kier molecular flexibility index (Phi) is 3.34. The summed E-state index contributed by atoms with van der Waals surface area (Å²) in [7, 11) is 0. The van der Waals surface area contributed by atoms with E-state index >= 15 is 0 Å². The van der Waals surface area contributed by atoms with Crippen molar-refractivity contribution in [1.29, 1.82) is 0 Å². The third kappa shape index (κ3) is 2.48. The van der Waals surface area contributed by atoms with Gasteiger partial charge in [0.1, 0.15) is 0 Å². The molecule has 0 bridgehead atoms. The predicted molar refractivity (Wildman–Crippen MR) is 75.6 cm³/mol. The van der Waals surface area contributed by atoms with Crippen LogP contribution in [0.15, 0.2) is 53.8 Å². The first-order valence-corrected chi connectivity index (χ1v) is 6.89. The Morgan fingerprint density at radius 3 is 2.75 bits per heavy atom. The van der Waals surface area contributed by atoms with Crippen LogP contribution < -0.4 is 0 Å². The number of nitrogens with zero attached hydrogens (tertiary/aromatic N) is 4. The van der Waals surface area contributed by atoms with Crippen LogP contribution in [0.4, 0.5) is 5.69 Å². The van der Waals surface area contributed by atoms with E-state index in [4.69, 9.17) is 0 Å². The van der Waals surface area contributed by atoms with E-state index in [1.54, 1.807) is 12.3 Å². The van der Waals surface area contributed by atoms with Crippen molar-refractivity contribution in [2.45, 2.75) is 10.9 Å². The number of pyridine rings is 1. The van der Waals surface area contributed by atoms with Gasteiger partial charge in [-0.2, -0.15) is 4.98 Å². The molecule has 0 aliphatic carbocycles. The van der Waals surface area contributed by atoms with Crippen molar-refractivity contribution in [1.82, 2.24) is 14.6 Å². The minimum atomic E-state index is -0.449. The molecule has 0 fully saturated rings. The molecule has 7 heteroatoms. The van der Waals surface area contributed by atoms with Gasteiger partial charge >= 0.3 is 5.69 Å². The molecule has 0 N–H and O–H groups in total. The molecule has 3 rings (SSSR count). The van der Waals surface area contributed by atoms with Gasteiger partial charge in [0.15, 0.2) is 0 Å². The lowest BCUT2D eigenvalue weighted by atomic mass is 10.2. The number of nitro groups is 1. The van der Waals surface area contributed by atoms with E-state index in [-0.39, 0.29) is 11.3 Å². The van der Waals surface area contributed by atoms with Crippen LogP contribution in [0.2, 0.25) is 0 Å². The average Bonchev–Trinajstić information content (AvgIpc) is 2.88. The summed E-state index contributed by atoms with van der Waals surface area (Å²) in [6.07, 6.45) is 1.65. The van der Waals surface area contributed by atoms with Gasteiger partial charge < -0.3 is 0 Å². The van der Waals surface area contributed by atoms with Crippen LogP contribution in [0.1, 0.15) is 5.56 Å². The van der Waals surface area contributed by atoms with Crippen LogP contribution in [0, 0.1) is 10.1 Å². The quantitative estimate of drug-likeness (QED) is 0.419. The molecule has 2 aromatic heterocycles. The second kappa shape index (κ2) is 5.30. The van der Waals surface area contributed by atoms with Crippen LogP contribution >= 0.6 is 11.8 Å². The van der Waals surface area contributed by atoms with E-state index in [0.717, 1.165) is 11.3 Å². The number of hydrogen-bond acceptors (Lipinski definition) is 5. The van der Waals surface area contributed by atoms with Gasteiger partial charge in [-0.1, -0.05) is 42.1 Å². The van der Waals surface area contributed by atoms with Crippen molar-refractivity contribution in [3.8, 4) is 0 Å². The first-order valence-electron chi connectivity index (χ1n) is 5.90. The van der Waals surface area contributed by atoms with Crippen LogP contribution in [-0.2, 0) is 5.75 Å². The summed E-state index contributed by atoms with van der Waals surface area (Å²) in [6, 6.07) is 13.0. The van der Waals surface area contributed by atoms with Crippen LogP contribution in [-0.4, -0.2) is 19.5 Å². The van der Waals surface area contributed by atoms with Gasteiger partial charge in [-0.25, -0.2) is 4.52 Å². The molecule has 2 heterocycles. The fraction of sp³-hybridized carbons (Fsp3) is 0.0769. The van der Waals surface area contributed by atoms with Crippen molar-refractivity contribution in [2.24, 2.45) is 0 Å². The molecule has 0 unspecified atom stereocenters. The van der Waals surface area contributed by atoms with Gasteiger partial charge in [0, 0.05) is 18.0 Å². The monoisotopic (exact) mass is 286 g/mol. The number of thioether (sulfide) groups is 1. The molecule has 3 aromatic rings. The summed E-state index contributed by atoms with van der Waals surface area (Å²) in [5, 5.41) is 15.7. The lowest BCUT2D eigenvalue weighted by Crippen LogP contribution is -1.93. The molecule has 0 aliphatic heterocycles. The Labute approximate surface area is 118 Å². The van der Waals surface area contributed by atoms with E-state index in [0.29, 0.717) is 5.16 Å². The van der Waals surface area contributed by atoms with Gasteiger partial charge in [0.25, 0.3) is 0 Å². The topological polar surface area (TPSA) is 73.3 Å². The van der Waals surface area contributed by atoms with Crippen molar-refractivity contribution in [3.63, 3.8) is 0 Å². The highest BCUT2D eigenvalue weighted by atomic mass is 32.2. The SMILES string of the molecule is O=[N+]([O-])c1cccn2nc(SCc3ccccc3)nc12. The van der Waals surface area contributed by atoms with Crippen molar-refractivity contribution >= 4 is 23.1 Å². The summed E-state index contributed by atoms with van der Waals surface area (Å²) in [5.74, 6) is 0.728. The van der Waals surface area contributed by atoms with Crippen LogP contribution in [0.3, 0.4) is 0 Å². The van der Waals surface area contributed by atoms with Gasteiger partial charge in [-0.05, 0) is 11.6 Å². The van der Waals surface area contributed by atoms with Crippen LogP contribution in [0.5, 0.6) is 0 Å². The summed E-state index contributed by atoms with van der Waals surface area (Å²) in [4.78, 5) is 14.7. The third-order valence-electron chi connectivity index (χ3n) is 2.73. The molecule has 0 spiro atoms. The minimum absolute atomic E-state index is 0.0356. The smallest absolute Gasteiger partial charge is 0.258 e. The minimum Gasteiger partial charge on any atom is -0.258 e. The van der Waals surface area contributed by atoms with Gasteiger partial charge in [0.05, 0.1) is 4.92 Å². The fourth-order valence-electron chi connectivity index (χ4n) is 1.80. The predicted octanol–water partition coefficient (Wildman–Crippen LogP) is 2.93. The van der Waals surface area contributed by atoms with E-state index in [2.05, 4.69) is 10.1 Å². The molecule has 0 saturated carbocycles. The Morgan fingerprint density at radius 2 is 2.00 bits per heavy atom. The Hall–Kier alpha value is -2.41. The number of aromatic nitrogens is 3.